The Hall–Kier alpha value is -2.22. The van der Waals surface area contributed by atoms with Crippen molar-refractivity contribution in [2.24, 2.45) is 0 Å². The van der Waals surface area contributed by atoms with Gasteiger partial charge < -0.3 is 19.7 Å². The molecule has 29 heavy (non-hydrogen) atoms. The number of hydrogen-bond acceptors (Lipinski definition) is 8. The molecule has 158 valence electrons. The van der Waals surface area contributed by atoms with Gasteiger partial charge in [0.1, 0.15) is 27.3 Å². The summed E-state index contributed by atoms with van der Waals surface area (Å²) in [5.41, 5.74) is -0.0651. The molecule has 0 aromatic carbocycles. The minimum absolute atomic E-state index is 0.0236. The van der Waals surface area contributed by atoms with Gasteiger partial charge in [-0.2, -0.15) is 5.26 Å². The lowest BCUT2D eigenvalue weighted by molar-refractivity contribution is -0.135. The molecule has 0 bridgehead atoms. The number of nitrogens with one attached hydrogen (secondary N) is 1. The Balaban J connectivity index is 1.55. The summed E-state index contributed by atoms with van der Waals surface area (Å²) in [4.78, 5) is 18.3. The molecule has 0 radical (unpaired) electrons. The van der Waals surface area contributed by atoms with E-state index in [9.17, 15) is 13.2 Å². The maximum atomic E-state index is 12.5. The van der Waals surface area contributed by atoms with E-state index in [1.807, 2.05) is 6.07 Å². The smallest absolute Gasteiger partial charge is 0.223 e. The zero-order valence-electron chi connectivity index (χ0n) is 16.5. The van der Waals surface area contributed by atoms with Crippen LogP contribution in [-0.4, -0.2) is 80.8 Å². The van der Waals surface area contributed by atoms with Crippen LogP contribution in [0.5, 0.6) is 0 Å². The third-order valence-electron chi connectivity index (χ3n) is 5.13. The first-order valence-electron chi connectivity index (χ1n) is 9.60. The molecule has 1 spiro atoms. The number of rotatable bonds is 6. The molecular weight excluding hydrogens is 396 g/mol. The van der Waals surface area contributed by atoms with Gasteiger partial charge >= 0.3 is 0 Å². The number of carbonyl (C=O) groups is 1. The molecule has 3 rings (SSSR count). The number of amides is 1. The number of ether oxygens (including phenoxy) is 2. The van der Waals surface area contributed by atoms with Gasteiger partial charge in [-0.05, 0) is 25.0 Å². The lowest BCUT2D eigenvalue weighted by Crippen LogP contribution is -2.47. The minimum atomic E-state index is -3.18. The SMILES string of the molecule is CS(=O)(=O)CCC(=O)N1CCOC[C@]2(CC[C@@H](CNc3ccc(C#N)cn3)O2)C1. The summed E-state index contributed by atoms with van der Waals surface area (Å²) >= 11 is 0. The molecule has 1 aromatic rings. The molecule has 10 heteroatoms. The third kappa shape index (κ3) is 6.13. The summed E-state index contributed by atoms with van der Waals surface area (Å²) in [6.45, 7) is 2.22. The average Bonchev–Trinajstić information content (AvgIpc) is 2.97. The van der Waals surface area contributed by atoms with E-state index in [1.54, 1.807) is 17.0 Å². The molecule has 2 atom stereocenters. The maximum absolute atomic E-state index is 12.5. The van der Waals surface area contributed by atoms with Gasteiger partial charge in [0.05, 0.1) is 37.2 Å². The largest absolute Gasteiger partial charge is 0.377 e. The predicted molar refractivity (Wildman–Crippen MR) is 106 cm³/mol. The molecule has 1 aromatic heterocycles. The van der Waals surface area contributed by atoms with Crippen molar-refractivity contribution in [3.63, 3.8) is 0 Å². The first kappa shape index (κ1) is 21.5. The van der Waals surface area contributed by atoms with Crippen molar-refractivity contribution in [2.45, 2.75) is 31.0 Å². The highest BCUT2D eigenvalue weighted by atomic mass is 32.2. The first-order chi connectivity index (χ1) is 13.8. The average molecular weight is 423 g/mol. The van der Waals surface area contributed by atoms with E-state index < -0.39 is 15.4 Å². The fourth-order valence-electron chi connectivity index (χ4n) is 3.59. The van der Waals surface area contributed by atoms with Gasteiger partial charge in [0.2, 0.25) is 5.91 Å². The number of aromatic nitrogens is 1. The van der Waals surface area contributed by atoms with Crippen LogP contribution in [0.2, 0.25) is 0 Å². The lowest BCUT2D eigenvalue weighted by atomic mass is 10.00. The Kier molecular flexibility index (Phi) is 6.72. The van der Waals surface area contributed by atoms with E-state index in [0.717, 1.165) is 19.1 Å². The zero-order chi connectivity index (χ0) is 20.9. The van der Waals surface area contributed by atoms with Gasteiger partial charge in [-0.25, -0.2) is 13.4 Å². The first-order valence-corrected chi connectivity index (χ1v) is 11.7. The van der Waals surface area contributed by atoms with Gasteiger partial charge in [0.25, 0.3) is 0 Å². The highest BCUT2D eigenvalue weighted by Gasteiger charge is 2.43. The van der Waals surface area contributed by atoms with Crippen LogP contribution in [-0.2, 0) is 24.1 Å². The topological polar surface area (TPSA) is 122 Å². The molecular formula is C19H26N4O5S. The fraction of sp³-hybridized carbons (Fsp3) is 0.632. The van der Waals surface area contributed by atoms with Gasteiger partial charge in [-0.15, -0.1) is 0 Å². The van der Waals surface area contributed by atoms with E-state index >= 15 is 0 Å². The second-order valence-electron chi connectivity index (χ2n) is 7.63. The van der Waals surface area contributed by atoms with Gasteiger partial charge in [-0.1, -0.05) is 0 Å². The monoisotopic (exact) mass is 422 g/mol. The van der Waals surface area contributed by atoms with Crippen LogP contribution in [0.25, 0.3) is 0 Å². The highest BCUT2D eigenvalue weighted by molar-refractivity contribution is 7.90. The zero-order valence-corrected chi connectivity index (χ0v) is 17.3. The number of carbonyl (C=O) groups excluding carboxylic acids is 1. The van der Waals surface area contributed by atoms with E-state index in [-0.39, 0.29) is 24.2 Å². The minimum Gasteiger partial charge on any atom is -0.377 e. The summed E-state index contributed by atoms with van der Waals surface area (Å²) in [6.07, 6.45) is 4.15. The van der Waals surface area contributed by atoms with Crippen molar-refractivity contribution in [1.29, 1.82) is 5.26 Å². The van der Waals surface area contributed by atoms with E-state index in [4.69, 9.17) is 14.7 Å². The van der Waals surface area contributed by atoms with Crippen LogP contribution >= 0.6 is 0 Å². The molecule has 2 aliphatic heterocycles. The Labute approximate surface area is 170 Å². The van der Waals surface area contributed by atoms with Crippen molar-refractivity contribution >= 4 is 21.6 Å². The molecule has 0 aliphatic carbocycles. The number of pyridine rings is 1. The van der Waals surface area contributed by atoms with Gasteiger partial charge in [-0.3, -0.25) is 4.79 Å². The van der Waals surface area contributed by atoms with E-state index in [2.05, 4.69) is 10.3 Å². The Morgan fingerprint density at radius 2 is 2.31 bits per heavy atom. The Morgan fingerprint density at radius 1 is 1.48 bits per heavy atom. The number of sulfone groups is 1. The van der Waals surface area contributed by atoms with Crippen LogP contribution in [0.3, 0.4) is 0 Å². The van der Waals surface area contributed by atoms with Crippen LogP contribution in [0.4, 0.5) is 5.82 Å². The van der Waals surface area contributed by atoms with Crippen molar-refractivity contribution in [1.82, 2.24) is 9.88 Å². The summed E-state index contributed by atoms with van der Waals surface area (Å²) in [6, 6.07) is 5.48. The fourth-order valence-corrected chi connectivity index (χ4v) is 4.14. The molecule has 2 saturated heterocycles. The summed E-state index contributed by atoms with van der Waals surface area (Å²) in [5, 5.41) is 12.0. The van der Waals surface area contributed by atoms with Crippen LogP contribution in [0.1, 0.15) is 24.8 Å². The summed E-state index contributed by atoms with van der Waals surface area (Å²) in [5.74, 6) is 0.330. The predicted octanol–water partition coefficient (Wildman–Crippen LogP) is 0.576. The van der Waals surface area contributed by atoms with Crippen LogP contribution < -0.4 is 5.32 Å². The molecule has 3 heterocycles. The van der Waals surface area contributed by atoms with Crippen molar-refractivity contribution in [3.05, 3.63) is 23.9 Å². The molecule has 2 aliphatic rings. The molecule has 0 unspecified atom stereocenters. The van der Waals surface area contributed by atoms with Gasteiger partial charge in [0.15, 0.2) is 0 Å². The number of hydrogen-bond donors (Lipinski definition) is 1. The second-order valence-corrected chi connectivity index (χ2v) is 9.89. The Morgan fingerprint density at radius 3 is 3.00 bits per heavy atom. The molecule has 1 amide bonds. The number of anilines is 1. The normalized spacial score (nSPS) is 24.8. The third-order valence-corrected chi connectivity index (χ3v) is 6.08. The summed E-state index contributed by atoms with van der Waals surface area (Å²) in [7, 11) is -3.18. The van der Waals surface area contributed by atoms with Crippen LogP contribution in [0, 0.1) is 11.3 Å². The molecule has 0 saturated carbocycles. The van der Waals surface area contributed by atoms with Crippen molar-refractivity contribution in [2.75, 3.05) is 50.2 Å². The number of nitriles is 1. The standard InChI is InChI=1S/C19H26N4O5S/c1-29(25,26)9-5-18(24)23-7-8-27-14-19(13-23)6-4-16(28-19)12-22-17-3-2-15(10-20)11-21-17/h2-3,11,16H,4-9,12-14H2,1H3,(H,21,22)/t16-,19-/m0/s1. The molecule has 9 nitrogen and oxygen atoms in total. The van der Waals surface area contributed by atoms with Crippen molar-refractivity contribution < 1.29 is 22.7 Å². The number of nitrogens with zero attached hydrogens (tertiary/aromatic N) is 3. The van der Waals surface area contributed by atoms with Crippen LogP contribution in [0.15, 0.2) is 18.3 Å². The summed E-state index contributed by atoms with van der Waals surface area (Å²) < 4.78 is 34.7. The quantitative estimate of drug-likeness (QED) is 0.706. The molecule has 1 N–H and O–H groups in total. The van der Waals surface area contributed by atoms with E-state index in [0.29, 0.717) is 44.2 Å². The highest BCUT2D eigenvalue weighted by Crippen LogP contribution is 2.33. The molecule has 2 fully saturated rings. The van der Waals surface area contributed by atoms with E-state index in [1.165, 1.54) is 6.20 Å². The second kappa shape index (κ2) is 9.07. The van der Waals surface area contributed by atoms with Gasteiger partial charge in [0, 0.05) is 32.0 Å². The Bertz CT molecular complexity index is 868. The maximum Gasteiger partial charge on any atom is 0.223 e. The van der Waals surface area contributed by atoms with Crippen molar-refractivity contribution in [3.8, 4) is 6.07 Å². The lowest BCUT2D eigenvalue weighted by Gasteiger charge is -2.32.